The van der Waals surface area contributed by atoms with Gasteiger partial charge in [-0.15, -0.1) is 0 Å². The Morgan fingerprint density at radius 3 is 2.24 bits per heavy atom. The maximum Gasteiger partial charge on any atom is 0.338 e. The fourth-order valence-corrected chi connectivity index (χ4v) is 7.36. The van der Waals surface area contributed by atoms with Gasteiger partial charge in [-0.1, -0.05) is 68.4 Å². The number of carbonyl (C=O) groups excluding carboxylic acids is 4. The van der Waals surface area contributed by atoms with Gasteiger partial charge < -0.3 is 10.1 Å². The van der Waals surface area contributed by atoms with E-state index < -0.39 is 18.5 Å². The monoisotopic (exact) mass is 550 g/mol. The molecule has 2 aliphatic carbocycles. The van der Waals surface area contributed by atoms with Gasteiger partial charge in [-0.25, -0.2) is 4.79 Å². The molecule has 3 aromatic rings. The third-order valence-electron chi connectivity index (χ3n) is 9.18. The van der Waals surface area contributed by atoms with Crippen LogP contribution in [-0.4, -0.2) is 30.3 Å². The van der Waals surface area contributed by atoms with E-state index in [0.29, 0.717) is 5.69 Å². The van der Waals surface area contributed by atoms with Gasteiger partial charge in [-0.2, -0.15) is 0 Å². The summed E-state index contributed by atoms with van der Waals surface area (Å²) >= 11 is 0. The number of nitrogens with zero attached hydrogens (tertiary/aromatic N) is 1. The number of nitrogens with one attached hydrogen (secondary N) is 1. The third-order valence-corrected chi connectivity index (χ3v) is 9.18. The minimum absolute atomic E-state index is 0.145. The number of fused-ring (bicyclic) bond motifs is 5. The van der Waals surface area contributed by atoms with Gasteiger partial charge in [0.2, 0.25) is 11.8 Å². The molecule has 0 aromatic heterocycles. The Balaban J connectivity index is 1.14. The lowest BCUT2D eigenvalue weighted by Crippen LogP contribution is -2.33. The van der Waals surface area contributed by atoms with Gasteiger partial charge in [-0.3, -0.25) is 19.3 Å². The first-order valence-corrected chi connectivity index (χ1v) is 14.5. The highest BCUT2D eigenvalue weighted by Gasteiger charge is 2.64. The fourth-order valence-electron chi connectivity index (χ4n) is 7.36. The topological polar surface area (TPSA) is 92.8 Å². The van der Waals surface area contributed by atoms with Gasteiger partial charge in [0.05, 0.1) is 23.1 Å². The summed E-state index contributed by atoms with van der Waals surface area (Å²) in [5, 5.41) is 2.89. The number of amides is 3. The van der Waals surface area contributed by atoms with E-state index in [1.165, 1.54) is 16.5 Å². The second kappa shape index (κ2) is 11.0. The summed E-state index contributed by atoms with van der Waals surface area (Å²) in [6.07, 6.45) is 3.34. The quantitative estimate of drug-likeness (QED) is 0.294. The van der Waals surface area contributed by atoms with Crippen molar-refractivity contribution < 1.29 is 23.9 Å². The van der Waals surface area contributed by atoms with Crippen molar-refractivity contribution in [3.63, 3.8) is 0 Å². The highest BCUT2D eigenvalue weighted by Crippen LogP contribution is 2.61. The molecule has 2 bridgehead atoms. The van der Waals surface area contributed by atoms with Crippen LogP contribution in [0, 0.1) is 23.7 Å². The first-order valence-electron chi connectivity index (χ1n) is 14.5. The lowest BCUT2D eigenvalue weighted by Gasteiger charge is -2.28. The maximum absolute atomic E-state index is 13.7. The minimum Gasteiger partial charge on any atom is -0.452 e. The number of anilines is 2. The summed E-state index contributed by atoms with van der Waals surface area (Å²) in [6.45, 7) is 3.60. The van der Waals surface area contributed by atoms with Crippen molar-refractivity contribution in [1.29, 1.82) is 0 Å². The maximum atomic E-state index is 13.7. The molecule has 7 heteroatoms. The Labute approximate surface area is 239 Å². The smallest absolute Gasteiger partial charge is 0.338 e. The van der Waals surface area contributed by atoms with Crippen LogP contribution in [0.2, 0.25) is 0 Å². The molecule has 210 valence electrons. The summed E-state index contributed by atoms with van der Waals surface area (Å²) in [7, 11) is 0. The van der Waals surface area contributed by atoms with Crippen molar-refractivity contribution in [1.82, 2.24) is 0 Å². The van der Waals surface area contributed by atoms with Gasteiger partial charge in [0, 0.05) is 5.69 Å². The summed E-state index contributed by atoms with van der Waals surface area (Å²) in [5.41, 5.74) is 4.58. The standard InChI is InChI=1S/C34H34N2O5/c1-3-20-12-8-13-21(4-2)31(20)35-28(37)19-41-34(40)23-14-9-15-25(16-23)36-32(38)29-24-17-26(22-10-6-5-7-11-22)27(18-24)30(29)33(36)39/h5-16,24,26-27,29-30H,3-4,17-19H2,1-2H3,(H,35,37)/t24-,26-,27+,29+,30-/m0/s1. The van der Waals surface area contributed by atoms with Crippen LogP contribution >= 0.6 is 0 Å². The molecule has 1 saturated heterocycles. The molecular weight excluding hydrogens is 516 g/mol. The zero-order chi connectivity index (χ0) is 28.7. The molecule has 3 amide bonds. The van der Waals surface area contributed by atoms with Crippen LogP contribution in [0.5, 0.6) is 0 Å². The average Bonchev–Trinajstić information content (AvgIpc) is 3.67. The number of ether oxygens (including phenoxy) is 1. The number of para-hydroxylation sites is 1. The average molecular weight is 551 g/mol. The molecule has 3 fully saturated rings. The number of benzene rings is 3. The van der Waals surface area contributed by atoms with Gasteiger partial charge in [-0.05, 0) is 78.3 Å². The zero-order valence-electron chi connectivity index (χ0n) is 23.3. The van der Waals surface area contributed by atoms with E-state index in [4.69, 9.17) is 4.74 Å². The predicted molar refractivity (Wildman–Crippen MR) is 155 cm³/mol. The second-order valence-corrected chi connectivity index (χ2v) is 11.3. The lowest BCUT2D eigenvalue weighted by molar-refractivity contribution is -0.123. The number of hydrogen-bond acceptors (Lipinski definition) is 5. The predicted octanol–water partition coefficient (Wildman–Crippen LogP) is 5.54. The molecule has 1 aliphatic heterocycles. The Morgan fingerprint density at radius 1 is 0.854 bits per heavy atom. The molecule has 0 spiro atoms. The summed E-state index contributed by atoms with van der Waals surface area (Å²) in [6, 6.07) is 22.5. The number of aryl methyl sites for hydroxylation is 2. The Kier molecular flexibility index (Phi) is 7.20. The summed E-state index contributed by atoms with van der Waals surface area (Å²) in [5.74, 6) is -1.48. The Morgan fingerprint density at radius 2 is 1.54 bits per heavy atom. The molecule has 3 aromatic carbocycles. The van der Waals surface area contributed by atoms with Crippen LogP contribution in [0.25, 0.3) is 0 Å². The van der Waals surface area contributed by atoms with E-state index >= 15 is 0 Å². The fraction of sp³-hybridized carbons (Fsp3) is 0.353. The molecule has 7 nitrogen and oxygen atoms in total. The van der Waals surface area contributed by atoms with Crippen molar-refractivity contribution in [2.24, 2.45) is 23.7 Å². The van der Waals surface area contributed by atoms with Crippen LogP contribution in [0.3, 0.4) is 0 Å². The Bertz CT molecular complexity index is 1490. The molecule has 3 aliphatic rings. The number of imide groups is 1. The van der Waals surface area contributed by atoms with E-state index in [0.717, 1.165) is 42.5 Å². The van der Waals surface area contributed by atoms with Crippen LogP contribution in [-0.2, 0) is 32.0 Å². The summed E-state index contributed by atoms with van der Waals surface area (Å²) in [4.78, 5) is 54.0. The van der Waals surface area contributed by atoms with E-state index in [9.17, 15) is 19.2 Å². The van der Waals surface area contributed by atoms with Crippen LogP contribution in [0.15, 0.2) is 72.8 Å². The molecular formula is C34H34N2O5. The molecule has 1 heterocycles. The number of hydrogen-bond donors (Lipinski definition) is 1. The highest BCUT2D eigenvalue weighted by molar-refractivity contribution is 6.23. The molecule has 6 rings (SSSR count). The van der Waals surface area contributed by atoms with Crippen molar-refractivity contribution in [2.45, 2.75) is 45.4 Å². The first kappa shape index (κ1) is 26.9. The molecule has 0 unspecified atom stereocenters. The van der Waals surface area contributed by atoms with Gasteiger partial charge in [0.25, 0.3) is 5.91 Å². The van der Waals surface area contributed by atoms with Gasteiger partial charge in [0.15, 0.2) is 6.61 Å². The van der Waals surface area contributed by atoms with Crippen LogP contribution < -0.4 is 10.2 Å². The van der Waals surface area contributed by atoms with E-state index in [2.05, 4.69) is 17.4 Å². The molecule has 1 N–H and O–H groups in total. The third kappa shape index (κ3) is 4.73. The van der Waals surface area contributed by atoms with Crippen molar-refractivity contribution in [2.75, 3.05) is 16.8 Å². The lowest BCUT2D eigenvalue weighted by atomic mass is 9.73. The van der Waals surface area contributed by atoms with Gasteiger partial charge in [0.1, 0.15) is 0 Å². The van der Waals surface area contributed by atoms with Crippen LogP contribution in [0.4, 0.5) is 11.4 Å². The van der Waals surface area contributed by atoms with E-state index in [1.807, 2.05) is 50.2 Å². The van der Waals surface area contributed by atoms with E-state index in [1.54, 1.807) is 18.2 Å². The van der Waals surface area contributed by atoms with Crippen molar-refractivity contribution in [3.8, 4) is 0 Å². The largest absolute Gasteiger partial charge is 0.452 e. The van der Waals surface area contributed by atoms with Gasteiger partial charge >= 0.3 is 5.97 Å². The molecule has 0 radical (unpaired) electrons. The van der Waals surface area contributed by atoms with Crippen molar-refractivity contribution in [3.05, 3.63) is 95.1 Å². The summed E-state index contributed by atoms with van der Waals surface area (Å²) < 4.78 is 5.32. The highest BCUT2D eigenvalue weighted by atomic mass is 16.5. The Hall–Kier alpha value is -4.26. The number of carbonyl (C=O) groups is 4. The first-order chi connectivity index (χ1) is 19.9. The molecule has 41 heavy (non-hydrogen) atoms. The number of rotatable bonds is 8. The molecule has 5 atom stereocenters. The number of esters is 1. The minimum atomic E-state index is -0.690. The van der Waals surface area contributed by atoms with Crippen molar-refractivity contribution >= 4 is 35.1 Å². The second-order valence-electron chi connectivity index (χ2n) is 11.3. The normalized spacial score (nSPS) is 24.4. The van der Waals surface area contributed by atoms with Crippen LogP contribution in [0.1, 0.15) is 59.7 Å². The molecule has 2 saturated carbocycles. The SMILES string of the molecule is CCc1cccc(CC)c1NC(=O)COC(=O)c1cccc(N2C(=O)[C@@H]3[C@@H]4C[C@@H]([C@@H]3C2=O)[C@H](c2ccccc2)C4)c1. The van der Waals surface area contributed by atoms with E-state index in [-0.39, 0.29) is 47.0 Å². The zero-order valence-corrected chi connectivity index (χ0v) is 23.3.